The molecule has 0 radical (unpaired) electrons. The third-order valence-electron chi connectivity index (χ3n) is 4.13. The molecule has 1 unspecified atom stereocenters. The van der Waals surface area contributed by atoms with Crippen LogP contribution in [-0.2, 0) is 0 Å². The summed E-state index contributed by atoms with van der Waals surface area (Å²) in [5.41, 5.74) is 5.96. The van der Waals surface area contributed by atoms with Gasteiger partial charge in [0.1, 0.15) is 0 Å². The highest BCUT2D eigenvalue weighted by Gasteiger charge is 2.24. The number of guanidine groups is 1. The Bertz CT molecular complexity index is 240. The molecule has 2 aliphatic carbocycles. The maximum Gasteiger partial charge on any atom is 0.189 e. The zero-order valence-electron chi connectivity index (χ0n) is 10.4. The molecule has 2 fully saturated rings. The van der Waals surface area contributed by atoms with Crippen molar-refractivity contribution in [2.75, 3.05) is 0 Å². The van der Waals surface area contributed by atoms with Crippen LogP contribution in [0.1, 0.15) is 58.3 Å². The number of nitrogens with one attached hydrogen (secondary N) is 1. The molecule has 3 N–H and O–H groups in total. The van der Waals surface area contributed by atoms with E-state index in [-0.39, 0.29) is 0 Å². The van der Waals surface area contributed by atoms with Crippen LogP contribution in [0.3, 0.4) is 0 Å². The van der Waals surface area contributed by atoms with Gasteiger partial charge in [-0.15, -0.1) is 0 Å². The Kier molecular flexibility index (Phi) is 4.08. The minimum Gasteiger partial charge on any atom is -0.370 e. The van der Waals surface area contributed by atoms with E-state index in [4.69, 9.17) is 5.73 Å². The van der Waals surface area contributed by atoms with E-state index in [1.807, 2.05) is 0 Å². The molecule has 3 heteroatoms. The second-order valence-corrected chi connectivity index (χ2v) is 5.43. The van der Waals surface area contributed by atoms with Crippen molar-refractivity contribution in [3.63, 3.8) is 0 Å². The highest BCUT2D eigenvalue weighted by molar-refractivity contribution is 5.78. The molecule has 92 valence electrons. The first-order valence-corrected chi connectivity index (χ1v) is 6.85. The summed E-state index contributed by atoms with van der Waals surface area (Å²) in [4.78, 5) is 4.60. The first kappa shape index (κ1) is 11.7. The average Bonchev–Trinajstić information content (AvgIpc) is 2.15. The molecule has 1 atom stereocenters. The fourth-order valence-electron chi connectivity index (χ4n) is 2.74. The summed E-state index contributed by atoms with van der Waals surface area (Å²) in [6.07, 6.45) is 10.5. The third-order valence-corrected chi connectivity index (χ3v) is 4.13. The molecule has 2 aliphatic rings. The van der Waals surface area contributed by atoms with E-state index in [1.165, 1.54) is 51.4 Å². The van der Waals surface area contributed by atoms with Gasteiger partial charge in [-0.2, -0.15) is 0 Å². The highest BCUT2D eigenvalue weighted by Crippen LogP contribution is 2.29. The van der Waals surface area contributed by atoms with Gasteiger partial charge in [0.2, 0.25) is 0 Å². The van der Waals surface area contributed by atoms with Crippen LogP contribution in [0.4, 0.5) is 0 Å². The van der Waals surface area contributed by atoms with Gasteiger partial charge in [-0.05, 0) is 38.5 Å². The van der Waals surface area contributed by atoms with Crippen molar-refractivity contribution in [1.82, 2.24) is 5.32 Å². The summed E-state index contributed by atoms with van der Waals surface area (Å²) < 4.78 is 0. The summed E-state index contributed by atoms with van der Waals surface area (Å²) >= 11 is 0. The molecule has 0 saturated heterocycles. The van der Waals surface area contributed by atoms with Crippen LogP contribution in [0.5, 0.6) is 0 Å². The number of rotatable bonds is 3. The Hall–Kier alpha value is -0.730. The maximum absolute atomic E-state index is 5.96. The van der Waals surface area contributed by atoms with Gasteiger partial charge in [-0.25, -0.2) is 0 Å². The van der Waals surface area contributed by atoms with Crippen LogP contribution in [0.2, 0.25) is 0 Å². The van der Waals surface area contributed by atoms with E-state index in [0.717, 1.165) is 5.92 Å². The summed E-state index contributed by atoms with van der Waals surface area (Å²) in [5.74, 6) is 1.49. The van der Waals surface area contributed by atoms with E-state index in [2.05, 4.69) is 17.2 Å². The quantitative estimate of drug-likeness (QED) is 0.570. The second kappa shape index (κ2) is 5.55. The molecule has 0 aliphatic heterocycles. The Morgan fingerprint density at radius 1 is 1.12 bits per heavy atom. The molecular formula is C13H25N3. The van der Waals surface area contributed by atoms with Gasteiger partial charge in [0, 0.05) is 6.04 Å². The number of nitrogens with two attached hydrogens (primary N) is 1. The Morgan fingerprint density at radius 3 is 2.38 bits per heavy atom. The first-order chi connectivity index (χ1) is 7.75. The lowest BCUT2D eigenvalue weighted by Crippen LogP contribution is -2.44. The normalized spacial score (nSPS) is 26.2. The summed E-state index contributed by atoms with van der Waals surface area (Å²) in [7, 11) is 0. The molecule has 0 aromatic rings. The molecule has 16 heavy (non-hydrogen) atoms. The van der Waals surface area contributed by atoms with Crippen molar-refractivity contribution in [3.05, 3.63) is 0 Å². The topological polar surface area (TPSA) is 50.4 Å². The van der Waals surface area contributed by atoms with Crippen LogP contribution < -0.4 is 11.1 Å². The van der Waals surface area contributed by atoms with Crippen molar-refractivity contribution in [1.29, 1.82) is 0 Å². The lowest BCUT2D eigenvalue weighted by atomic mass is 9.80. The van der Waals surface area contributed by atoms with Crippen molar-refractivity contribution >= 4 is 5.96 Å². The summed E-state index contributed by atoms with van der Waals surface area (Å²) in [6, 6.07) is 0.982. The Balaban J connectivity index is 1.76. The maximum atomic E-state index is 5.96. The molecule has 2 rings (SSSR count). The number of nitrogens with zero attached hydrogens (tertiary/aromatic N) is 1. The number of hydrogen-bond donors (Lipinski definition) is 2. The van der Waals surface area contributed by atoms with Gasteiger partial charge < -0.3 is 11.1 Å². The molecular weight excluding hydrogens is 198 g/mol. The highest BCUT2D eigenvalue weighted by atomic mass is 15.1. The van der Waals surface area contributed by atoms with Crippen LogP contribution >= 0.6 is 0 Å². The minimum absolute atomic E-state index is 0.481. The first-order valence-electron chi connectivity index (χ1n) is 6.85. The predicted octanol–water partition coefficient (Wildman–Crippen LogP) is 2.41. The van der Waals surface area contributed by atoms with Gasteiger partial charge in [0.05, 0.1) is 6.04 Å². The second-order valence-electron chi connectivity index (χ2n) is 5.43. The average molecular weight is 223 g/mol. The Labute approximate surface area is 98.9 Å². The van der Waals surface area contributed by atoms with Crippen molar-refractivity contribution in [2.24, 2.45) is 16.6 Å². The van der Waals surface area contributed by atoms with Gasteiger partial charge in [0.15, 0.2) is 5.96 Å². The lowest BCUT2D eigenvalue weighted by molar-refractivity contribution is 0.258. The molecule has 0 bridgehead atoms. The molecule has 0 aromatic heterocycles. The standard InChI is InChI=1S/C13H25N3/c1-10(11-6-5-7-11)15-13(14)16-12-8-3-2-4-9-12/h10-12H,2-9H2,1H3,(H3,14,15,16). The largest absolute Gasteiger partial charge is 0.370 e. The molecule has 3 nitrogen and oxygen atoms in total. The third kappa shape index (κ3) is 3.13. The van der Waals surface area contributed by atoms with E-state index in [0.29, 0.717) is 18.0 Å². The number of aliphatic imine (C=N–C) groups is 1. The molecule has 0 heterocycles. The lowest BCUT2D eigenvalue weighted by Gasteiger charge is -2.32. The van der Waals surface area contributed by atoms with Gasteiger partial charge in [0.25, 0.3) is 0 Å². The SMILES string of the molecule is CC(NC(N)=NC1CCCCC1)C1CCC1. The summed E-state index contributed by atoms with van der Waals surface area (Å²) in [6.45, 7) is 2.23. The molecule has 0 aromatic carbocycles. The van der Waals surface area contributed by atoms with Crippen molar-refractivity contribution in [2.45, 2.75) is 70.4 Å². The van der Waals surface area contributed by atoms with E-state index < -0.39 is 0 Å². The predicted molar refractivity (Wildman–Crippen MR) is 68.4 cm³/mol. The van der Waals surface area contributed by atoms with Crippen LogP contribution in [0.25, 0.3) is 0 Å². The molecule has 0 spiro atoms. The fraction of sp³-hybridized carbons (Fsp3) is 0.923. The minimum atomic E-state index is 0.481. The van der Waals surface area contributed by atoms with Gasteiger partial charge >= 0.3 is 0 Å². The zero-order chi connectivity index (χ0) is 11.4. The monoisotopic (exact) mass is 223 g/mol. The van der Waals surface area contributed by atoms with Crippen LogP contribution in [0.15, 0.2) is 4.99 Å². The van der Waals surface area contributed by atoms with Gasteiger partial charge in [-0.3, -0.25) is 4.99 Å². The van der Waals surface area contributed by atoms with E-state index in [1.54, 1.807) is 0 Å². The fourth-order valence-corrected chi connectivity index (χ4v) is 2.74. The van der Waals surface area contributed by atoms with Crippen LogP contribution in [0, 0.1) is 5.92 Å². The number of hydrogen-bond acceptors (Lipinski definition) is 1. The van der Waals surface area contributed by atoms with E-state index >= 15 is 0 Å². The van der Waals surface area contributed by atoms with E-state index in [9.17, 15) is 0 Å². The van der Waals surface area contributed by atoms with Crippen molar-refractivity contribution in [3.8, 4) is 0 Å². The Morgan fingerprint density at radius 2 is 1.81 bits per heavy atom. The van der Waals surface area contributed by atoms with Gasteiger partial charge in [-0.1, -0.05) is 25.7 Å². The van der Waals surface area contributed by atoms with Crippen LogP contribution in [-0.4, -0.2) is 18.0 Å². The smallest absolute Gasteiger partial charge is 0.189 e. The van der Waals surface area contributed by atoms with Crippen molar-refractivity contribution < 1.29 is 0 Å². The zero-order valence-corrected chi connectivity index (χ0v) is 10.4. The molecule has 2 saturated carbocycles. The summed E-state index contributed by atoms with van der Waals surface area (Å²) in [5, 5.41) is 3.36. The molecule has 0 amide bonds.